The molecule has 0 aromatic heterocycles. The number of piperidine rings is 1. The number of nitrogens with two attached hydrogens (primary N) is 1. The maximum absolute atomic E-state index is 14.2. The molecule has 1 aromatic rings. The molecule has 4 N–H and O–H groups in total. The van der Waals surface area contributed by atoms with Crippen molar-refractivity contribution in [2.24, 2.45) is 11.7 Å². The van der Waals surface area contributed by atoms with Gasteiger partial charge in [0.25, 0.3) is 0 Å². The van der Waals surface area contributed by atoms with E-state index in [1.165, 1.54) is 11.6 Å². The zero-order valence-electron chi connectivity index (χ0n) is 19.3. The highest BCUT2D eigenvalue weighted by Crippen LogP contribution is 2.24. The Labute approximate surface area is 195 Å². The van der Waals surface area contributed by atoms with Crippen LogP contribution < -0.4 is 11.2 Å². The summed E-state index contributed by atoms with van der Waals surface area (Å²) >= 11 is 0. The SMILES string of the molecule is CN1C=CC(CN2CCC(C(=O)N3CCN(Cc4c(F)cccc4NO)CC3)CC2)=CC1N. The van der Waals surface area contributed by atoms with E-state index < -0.39 is 0 Å². The summed E-state index contributed by atoms with van der Waals surface area (Å²) in [5.74, 6) is -0.0139. The number of carbonyl (C=O) groups is 1. The molecule has 1 unspecified atom stereocenters. The van der Waals surface area contributed by atoms with Crippen LogP contribution in [-0.4, -0.2) is 89.7 Å². The molecule has 8 nitrogen and oxygen atoms in total. The van der Waals surface area contributed by atoms with Gasteiger partial charge in [0.1, 0.15) is 5.82 Å². The first-order valence-electron chi connectivity index (χ1n) is 11.7. The number of nitrogens with zero attached hydrogens (tertiary/aromatic N) is 4. The van der Waals surface area contributed by atoms with Crippen molar-refractivity contribution in [3.05, 3.63) is 53.5 Å². The van der Waals surface area contributed by atoms with Gasteiger partial charge in [-0.05, 0) is 55.8 Å². The summed E-state index contributed by atoms with van der Waals surface area (Å²) < 4.78 is 14.2. The Morgan fingerprint density at radius 3 is 2.48 bits per heavy atom. The largest absolute Gasteiger partial charge is 0.362 e. The Morgan fingerprint density at radius 1 is 1.12 bits per heavy atom. The minimum atomic E-state index is -0.340. The summed E-state index contributed by atoms with van der Waals surface area (Å²) in [7, 11) is 1.97. The van der Waals surface area contributed by atoms with Crippen molar-refractivity contribution in [1.29, 1.82) is 0 Å². The molecule has 0 spiro atoms. The van der Waals surface area contributed by atoms with Crippen molar-refractivity contribution < 1.29 is 14.4 Å². The standard InChI is InChI=1S/C24H35FN6O2/c1-28-8-5-18(15-23(28)26)16-29-9-6-19(7-10-29)24(32)31-13-11-30(12-14-31)17-20-21(25)3-2-4-22(20)27-33/h2-5,8,15,19,23,27,33H,6-7,9-14,16-17,26H2,1H3. The van der Waals surface area contributed by atoms with E-state index in [1.807, 2.05) is 23.0 Å². The molecule has 1 aromatic carbocycles. The lowest BCUT2D eigenvalue weighted by Crippen LogP contribution is -2.51. The van der Waals surface area contributed by atoms with Gasteiger partial charge in [-0.3, -0.25) is 25.3 Å². The number of halogens is 1. The highest BCUT2D eigenvalue weighted by atomic mass is 19.1. The second kappa shape index (κ2) is 10.6. The van der Waals surface area contributed by atoms with E-state index in [9.17, 15) is 14.4 Å². The summed E-state index contributed by atoms with van der Waals surface area (Å²) in [4.78, 5) is 21.6. The summed E-state index contributed by atoms with van der Waals surface area (Å²) in [6.07, 6.45) is 7.90. The second-order valence-electron chi connectivity index (χ2n) is 9.24. The van der Waals surface area contributed by atoms with Gasteiger partial charge in [-0.2, -0.15) is 0 Å². The van der Waals surface area contributed by atoms with E-state index >= 15 is 0 Å². The normalized spacial score (nSPS) is 23.0. The number of hydrogen-bond acceptors (Lipinski definition) is 7. The van der Waals surface area contributed by atoms with Crippen molar-refractivity contribution in [3.8, 4) is 0 Å². The first kappa shape index (κ1) is 23.7. The minimum Gasteiger partial charge on any atom is -0.362 e. The molecule has 3 heterocycles. The molecule has 2 saturated heterocycles. The number of benzene rings is 1. The Balaban J connectivity index is 1.22. The quantitative estimate of drug-likeness (QED) is 0.559. The molecule has 9 heteroatoms. The fraction of sp³-hybridized carbons (Fsp3) is 0.542. The van der Waals surface area contributed by atoms with Crippen LogP contribution in [0.2, 0.25) is 0 Å². The average molecular weight is 459 g/mol. The molecule has 0 saturated carbocycles. The van der Waals surface area contributed by atoms with Crippen LogP contribution >= 0.6 is 0 Å². The Kier molecular flexibility index (Phi) is 7.64. The first-order valence-corrected chi connectivity index (χ1v) is 11.7. The smallest absolute Gasteiger partial charge is 0.225 e. The van der Waals surface area contributed by atoms with Gasteiger partial charge >= 0.3 is 0 Å². The molecule has 0 aliphatic carbocycles. The van der Waals surface area contributed by atoms with Gasteiger partial charge in [0.2, 0.25) is 5.91 Å². The number of likely N-dealkylation sites (tertiary alicyclic amines) is 1. The van der Waals surface area contributed by atoms with Crippen LogP contribution in [0.4, 0.5) is 10.1 Å². The van der Waals surface area contributed by atoms with Crippen molar-refractivity contribution in [1.82, 2.24) is 19.6 Å². The highest BCUT2D eigenvalue weighted by Gasteiger charge is 2.31. The van der Waals surface area contributed by atoms with Gasteiger partial charge in [-0.1, -0.05) is 6.07 Å². The lowest BCUT2D eigenvalue weighted by atomic mass is 9.94. The number of likely N-dealkylation sites (N-methyl/N-ethyl adjacent to an activating group) is 1. The predicted molar refractivity (Wildman–Crippen MR) is 126 cm³/mol. The molecular weight excluding hydrogens is 423 g/mol. The molecule has 4 rings (SSSR count). The van der Waals surface area contributed by atoms with E-state index in [-0.39, 0.29) is 23.8 Å². The Morgan fingerprint density at radius 2 is 1.82 bits per heavy atom. The molecule has 0 bridgehead atoms. The van der Waals surface area contributed by atoms with Crippen LogP contribution in [0.25, 0.3) is 0 Å². The van der Waals surface area contributed by atoms with E-state index in [0.717, 1.165) is 32.5 Å². The predicted octanol–water partition coefficient (Wildman–Crippen LogP) is 1.65. The minimum absolute atomic E-state index is 0.0762. The van der Waals surface area contributed by atoms with E-state index in [2.05, 4.69) is 27.4 Å². The average Bonchev–Trinajstić information content (AvgIpc) is 2.83. The number of anilines is 1. The third kappa shape index (κ3) is 5.73. The highest BCUT2D eigenvalue weighted by molar-refractivity contribution is 5.79. The zero-order valence-corrected chi connectivity index (χ0v) is 19.3. The molecule has 1 amide bonds. The maximum atomic E-state index is 14.2. The van der Waals surface area contributed by atoms with E-state index in [1.54, 1.807) is 12.1 Å². The number of amides is 1. The Bertz CT molecular complexity index is 891. The van der Waals surface area contributed by atoms with Crippen LogP contribution in [0, 0.1) is 11.7 Å². The van der Waals surface area contributed by atoms with E-state index in [0.29, 0.717) is 44.0 Å². The number of nitrogens with one attached hydrogen (secondary N) is 1. The van der Waals surface area contributed by atoms with Crippen LogP contribution in [0.3, 0.4) is 0 Å². The van der Waals surface area contributed by atoms with E-state index in [4.69, 9.17) is 5.73 Å². The van der Waals surface area contributed by atoms with Gasteiger partial charge in [0.05, 0.1) is 11.9 Å². The summed E-state index contributed by atoms with van der Waals surface area (Å²) in [5, 5.41) is 9.26. The van der Waals surface area contributed by atoms with Gasteiger partial charge in [-0.25, -0.2) is 4.39 Å². The van der Waals surface area contributed by atoms with Crippen LogP contribution in [-0.2, 0) is 11.3 Å². The summed E-state index contributed by atoms with van der Waals surface area (Å²) in [6, 6.07) is 4.62. The topological polar surface area (TPSA) is 88.3 Å². The maximum Gasteiger partial charge on any atom is 0.225 e. The third-order valence-electron chi connectivity index (χ3n) is 7.03. The summed E-state index contributed by atoms with van der Waals surface area (Å²) in [6.45, 7) is 5.79. The molecule has 180 valence electrons. The molecule has 0 radical (unpaired) electrons. The molecule has 3 aliphatic rings. The Hall–Kier alpha value is -2.46. The second-order valence-corrected chi connectivity index (χ2v) is 9.24. The van der Waals surface area contributed by atoms with Gasteiger partial charge in [0, 0.05) is 64.0 Å². The molecule has 3 aliphatic heterocycles. The monoisotopic (exact) mass is 458 g/mol. The zero-order chi connectivity index (χ0) is 23.4. The third-order valence-corrected chi connectivity index (χ3v) is 7.03. The first-order chi connectivity index (χ1) is 15.9. The van der Waals surface area contributed by atoms with Crippen LogP contribution in [0.15, 0.2) is 42.1 Å². The fourth-order valence-corrected chi connectivity index (χ4v) is 4.84. The molecule has 2 fully saturated rings. The van der Waals surface area contributed by atoms with Gasteiger partial charge in [0.15, 0.2) is 0 Å². The van der Waals surface area contributed by atoms with Crippen molar-refractivity contribution >= 4 is 11.6 Å². The molecule has 1 atom stereocenters. The van der Waals surface area contributed by atoms with Crippen LogP contribution in [0.5, 0.6) is 0 Å². The van der Waals surface area contributed by atoms with Gasteiger partial charge < -0.3 is 15.5 Å². The number of hydrogen-bond donors (Lipinski definition) is 3. The lowest BCUT2D eigenvalue weighted by molar-refractivity contribution is -0.138. The van der Waals surface area contributed by atoms with Crippen molar-refractivity contribution in [2.75, 3.05) is 58.3 Å². The number of piperazine rings is 1. The molecular formula is C24H35FN6O2. The lowest BCUT2D eigenvalue weighted by Gasteiger charge is -2.39. The van der Waals surface area contributed by atoms with Crippen molar-refractivity contribution in [2.45, 2.75) is 25.6 Å². The fourth-order valence-electron chi connectivity index (χ4n) is 4.84. The summed E-state index contributed by atoms with van der Waals surface area (Å²) in [5.41, 5.74) is 10.2. The number of rotatable bonds is 6. The van der Waals surface area contributed by atoms with Crippen LogP contribution in [0.1, 0.15) is 18.4 Å². The molecule has 33 heavy (non-hydrogen) atoms. The van der Waals surface area contributed by atoms with Gasteiger partial charge in [-0.15, -0.1) is 0 Å². The number of carbonyl (C=O) groups excluding carboxylic acids is 1. The van der Waals surface area contributed by atoms with Crippen molar-refractivity contribution in [3.63, 3.8) is 0 Å².